The summed E-state index contributed by atoms with van der Waals surface area (Å²) in [7, 11) is 1.75. The zero-order valence-electron chi connectivity index (χ0n) is 8.99. The molecule has 5 nitrogen and oxygen atoms in total. The van der Waals surface area contributed by atoms with Crippen LogP contribution in [0.2, 0.25) is 0 Å². The average molecular weight is 205 g/mol. The summed E-state index contributed by atoms with van der Waals surface area (Å²) in [5.74, 6) is -1.21. The van der Waals surface area contributed by atoms with Gasteiger partial charge in [0.25, 0.3) is 0 Å². The fraction of sp³-hybridized carbons (Fsp3) is 0.889. The number of nitrogens with zero attached hydrogens (tertiary/aromatic N) is 1. The van der Waals surface area contributed by atoms with Crippen molar-refractivity contribution in [1.29, 1.82) is 0 Å². The van der Waals surface area contributed by atoms with E-state index >= 15 is 0 Å². The van der Waals surface area contributed by atoms with Crippen LogP contribution in [0.5, 0.6) is 0 Å². The van der Waals surface area contributed by atoms with Crippen molar-refractivity contribution in [1.82, 2.24) is 4.90 Å². The van der Waals surface area contributed by atoms with E-state index in [9.17, 15) is 9.90 Å². The van der Waals surface area contributed by atoms with Crippen molar-refractivity contribution in [2.45, 2.75) is 19.4 Å². The summed E-state index contributed by atoms with van der Waals surface area (Å²) in [6.07, 6.45) is 0. The Hall–Kier alpha value is -0.650. The van der Waals surface area contributed by atoms with Crippen molar-refractivity contribution < 1.29 is 19.7 Å². The molecule has 0 aliphatic rings. The lowest BCUT2D eigenvalue weighted by Gasteiger charge is -2.25. The highest BCUT2D eigenvalue weighted by atomic mass is 16.5. The van der Waals surface area contributed by atoms with Crippen LogP contribution < -0.4 is 0 Å². The molecule has 5 heteroatoms. The lowest BCUT2D eigenvalue weighted by molar-refractivity contribution is -0.158. The second-order valence-electron chi connectivity index (χ2n) is 3.51. The molecule has 0 saturated carbocycles. The number of aliphatic carboxylic acids is 1. The molecule has 0 heterocycles. The van der Waals surface area contributed by atoms with Gasteiger partial charge < -0.3 is 19.8 Å². The van der Waals surface area contributed by atoms with E-state index in [0.29, 0.717) is 19.8 Å². The molecule has 1 unspecified atom stereocenters. The number of likely N-dealkylation sites (N-methyl/N-ethyl adjacent to an activating group) is 1. The first-order valence-corrected chi connectivity index (χ1v) is 4.62. The van der Waals surface area contributed by atoms with Crippen molar-refractivity contribution in [3.8, 4) is 0 Å². The number of carbonyl (C=O) groups is 1. The van der Waals surface area contributed by atoms with E-state index in [1.54, 1.807) is 11.9 Å². The van der Waals surface area contributed by atoms with Crippen LogP contribution in [-0.2, 0) is 9.53 Å². The Bertz CT molecular complexity index is 182. The first-order chi connectivity index (χ1) is 6.40. The highest BCUT2D eigenvalue weighted by Crippen LogP contribution is 2.04. The van der Waals surface area contributed by atoms with E-state index in [-0.39, 0.29) is 6.54 Å². The molecule has 0 rings (SSSR count). The van der Waals surface area contributed by atoms with Crippen molar-refractivity contribution >= 4 is 5.97 Å². The molecule has 0 bridgehead atoms. The van der Waals surface area contributed by atoms with Crippen LogP contribution in [0, 0.1) is 0 Å². The van der Waals surface area contributed by atoms with Crippen LogP contribution in [0.4, 0.5) is 0 Å². The van der Waals surface area contributed by atoms with Gasteiger partial charge in [0.1, 0.15) is 0 Å². The number of carboxylic acid groups (broad SMARTS) is 1. The second-order valence-corrected chi connectivity index (χ2v) is 3.51. The second kappa shape index (κ2) is 5.95. The van der Waals surface area contributed by atoms with Crippen LogP contribution in [0.3, 0.4) is 0 Å². The van der Waals surface area contributed by atoms with Gasteiger partial charge in [0.15, 0.2) is 5.60 Å². The van der Waals surface area contributed by atoms with Crippen molar-refractivity contribution in [3.63, 3.8) is 0 Å². The monoisotopic (exact) mass is 205 g/mol. The molecular weight excluding hydrogens is 186 g/mol. The van der Waals surface area contributed by atoms with Gasteiger partial charge >= 0.3 is 5.97 Å². The van der Waals surface area contributed by atoms with Gasteiger partial charge in [-0.05, 0) is 20.9 Å². The first-order valence-electron chi connectivity index (χ1n) is 4.62. The molecule has 0 aliphatic carbocycles. The number of rotatable bonds is 7. The summed E-state index contributed by atoms with van der Waals surface area (Å²) in [6.45, 7) is 5.07. The van der Waals surface area contributed by atoms with Gasteiger partial charge in [0, 0.05) is 19.7 Å². The highest BCUT2D eigenvalue weighted by Gasteiger charge is 2.30. The molecule has 0 amide bonds. The molecule has 0 aromatic rings. The van der Waals surface area contributed by atoms with Gasteiger partial charge in [0.2, 0.25) is 0 Å². The third-order valence-corrected chi connectivity index (χ3v) is 1.86. The van der Waals surface area contributed by atoms with Gasteiger partial charge in [0.05, 0.1) is 6.61 Å². The third-order valence-electron chi connectivity index (χ3n) is 1.86. The number of aliphatic hydroxyl groups is 1. The molecule has 0 saturated heterocycles. The van der Waals surface area contributed by atoms with Gasteiger partial charge in [-0.2, -0.15) is 0 Å². The summed E-state index contributed by atoms with van der Waals surface area (Å²) in [5.41, 5.74) is -1.69. The Labute approximate surface area is 84.3 Å². The minimum Gasteiger partial charge on any atom is -0.479 e. The Morgan fingerprint density at radius 2 is 2.14 bits per heavy atom. The zero-order chi connectivity index (χ0) is 11.2. The molecular formula is C9H19NO4. The summed E-state index contributed by atoms with van der Waals surface area (Å²) >= 11 is 0. The molecule has 14 heavy (non-hydrogen) atoms. The summed E-state index contributed by atoms with van der Waals surface area (Å²) in [4.78, 5) is 12.3. The number of ether oxygens (including phenoxy) is 1. The molecule has 0 radical (unpaired) electrons. The maximum Gasteiger partial charge on any atom is 0.336 e. The fourth-order valence-corrected chi connectivity index (χ4v) is 1.04. The summed E-state index contributed by atoms with van der Waals surface area (Å²) < 4.78 is 5.11. The lowest BCUT2D eigenvalue weighted by Crippen LogP contribution is -2.46. The SMILES string of the molecule is CCOCCN(C)CC(C)(O)C(=O)O. The van der Waals surface area contributed by atoms with E-state index in [1.807, 2.05) is 6.92 Å². The van der Waals surface area contributed by atoms with Crippen LogP contribution in [0.25, 0.3) is 0 Å². The first kappa shape index (κ1) is 13.4. The maximum absolute atomic E-state index is 10.6. The van der Waals surface area contributed by atoms with Gasteiger partial charge in [-0.15, -0.1) is 0 Å². The Kier molecular flexibility index (Phi) is 5.68. The lowest BCUT2D eigenvalue weighted by atomic mass is 10.1. The molecule has 0 aromatic carbocycles. The standard InChI is InChI=1S/C9H19NO4/c1-4-14-6-5-10(3)7-9(2,13)8(11)12/h13H,4-7H2,1-3H3,(H,11,12). The number of carboxylic acids is 1. The summed E-state index contributed by atoms with van der Waals surface area (Å²) in [6, 6.07) is 0. The number of hydrogen-bond acceptors (Lipinski definition) is 4. The molecule has 1 atom stereocenters. The highest BCUT2D eigenvalue weighted by molar-refractivity contribution is 5.76. The Morgan fingerprint density at radius 1 is 1.57 bits per heavy atom. The molecule has 2 N–H and O–H groups in total. The predicted molar refractivity (Wildman–Crippen MR) is 52.2 cm³/mol. The predicted octanol–water partition coefficient (Wildman–Crippen LogP) is -0.210. The fourth-order valence-electron chi connectivity index (χ4n) is 1.04. The number of hydrogen-bond donors (Lipinski definition) is 2. The molecule has 0 aliphatic heterocycles. The van der Waals surface area contributed by atoms with Gasteiger partial charge in [-0.25, -0.2) is 4.79 Å². The van der Waals surface area contributed by atoms with Crippen molar-refractivity contribution in [3.05, 3.63) is 0 Å². The third kappa shape index (κ3) is 5.16. The molecule has 0 spiro atoms. The van der Waals surface area contributed by atoms with Crippen LogP contribution in [-0.4, -0.2) is 60.0 Å². The van der Waals surface area contributed by atoms with E-state index in [1.165, 1.54) is 6.92 Å². The van der Waals surface area contributed by atoms with E-state index in [0.717, 1.165) is 0 Å². The Morgan fingerprint density at radius 3 is 2.57 bits per heavy atom. The molecule has 84 valence electrons. The quantitative estimate of drug-likeness (QED) is 0.563. The average Bonchev–Trinajstić information content (AvgIpc) is 2.03. The Balaban J connectivity index is 3.81. The smallest absolute Gasteiger partial charge is 0.336 e. The van der Waals surface area contributed by atoms with E-state index < -0.39 is 11.6 Å². The molecule has 0 fully saturated rings. The summed E-state index contributed by atoms with van der Waals surface area (Å²) in [5, 5.41) is 18.1. The van der Waals surface area contributed by atoms with Gasteiger partial charge in [-0.3, -0.25) is 0 Å². The van der Waals surface area contributed by atoms with Crippen molar-refractivity contribution in [2.75, 3.05) is 33.4 Å². The maximum atomic E-state index is 10.6. The normalized spacial score (nSPS) is 15.5. The minimum absolute atomic E-state index is 0.0927. The van der Waals surface area contributed by atoms with Crippen LogP contribution in [0.15, 0.2) is 0 Å². The van der Waals surface area contributed by atoms with Gasteiger partial charge in [-0.1, -0.05) is 0 Å². The minimum atomic E-state index is -1.69. The van der Waals surface area contributed by atoms with E-state index in [2.05, 4.69) is 0 Å². The largest absolute Gasteiger partial charge is 0.479 e. The zero-order valence-corrected chi connectivity index (χ0v) is 8.99. The van der Waals surface area contributed by atoms with Crippen LogP contribution in [0.1, 0.15) is 13.8 Å². The molecule has 0 aromatic heterocycles. The van der Waals surface area contributed by atoms with E-state index in [4.69, 9.17) is 9.84 Å². The topological polar surface area (TPSA) is 70.0 Å². The van der Waals surface area contributed by atoms with Crippen LogP contribution >= 0.6 is 0 Å². The van der Waals surface area contributed by atoms with Crippen molar-refractivity contribution in [2.24, 2.45) is 0 Å².